The van der Waals surface area contributed by atoms with Crippen LogP contribution in [0.1, 0.15) is 46.1 Å². The molecule has 1 saturated carbocycles. The van der Waals surface area contributed by atoms with Crippen LogP contribution >= 0.6 is 0 Å². The summed E-state index contributed by atoms with van der Waals surface area (Å²) in [5, 5.41) is 11.6. The van der Waals surface area contributed by atoms with Gasteiger partial charge < -0.3 is 19.6 Å². The van der Waals surface area contributed by atoms with Gasteiger partial charge in [0.05, 0.1) is 0 Å². The number of benzene rings is 2. The molecule has 0 saturated heterocycles. The SMILES string of the molecule is Cc1cc(C(=O)Nc2ccc3oc(C4CC4)nc3c2)cc(C)c1OCC(=O)O. The number of carbonyl (C=O) groups is 2. The smallest absolute Gasteiger partial charge is 0.341 e. The van der Waals surface area contributed by atoms with E-state index in [0.717, 1.165) is 24.2 Å². The van der Waals surface area contributed by atoms with E-state index in [2.05, 4.69) is 10.3 Å². The number of hydrogen-bond donors (Lipinski definition) is 2. The molecular formula is C21H20N2O5. The van der Waals surface area contributed by atoms with Gasteiger partial charge in [0.2, 0.25) is 0 Å². The van der Waals surface area contributed by atoms with Gasteiger partial charge in [-0.3, -0.25) is 4.79 Å². The zero-order valence-electron chi connectivity index (χ0n) is 15.6. The van der Waals surface area contributed by atoms with Crippen molar-refractivity contribution < 1.29 is 23.8 Å². The van der Waals surface area contributed by atoms with Gasteiger partial charge in [0.25, 0.3) is 5.91 Å². The van der Waals surface area contributed by atoms with Crippen LogP contribution in [0.5, 0.6) is 5.75 Å². The van der Waals surface area contributed by atoms with Crippen LogP contribution in [0, 0.1) is 13.8 Å². The van der Waals surface area contributed by atoms with Gasteiger partial charge in [-0.15, -0.1) is 0 Å². The van der Waals surface area contributed by atoms with Gasteiger partial charge in [0, 0.05) is 17.2 Å². The number of hydrogen-bond acceptors (Lipinski definition) is 5. The third kappa shape index (κ3) is 3.69. The molecule has 1 fully saturated rings. The van der Waals surface area contributed by atoms with Crippen molar-refractivity contribution >= 4 is 28.7 Å². The monoisotopic (exact) mass is 380 g/mol. The number of carboxylic acid groups (broad SMARTS) is 1. The zero-order valence-corrected chi connectivity index (χ0v) is 15.6. The molecule has 1 amide bonds. The highest BCUT2D eigenvalue weighted by Crippen LogP contribution is 2.40. The summed E-state index contributed by atoms with van der Waals surface area (Å²) in [5.74, 6) is 0.366. The minimum Gasteiger partial charge on any atom is -0.481 e. The molecule has 0 spiro atoms. The second-order valence-corrected chi connectivity index (χ2v) is 7.08. The first-order valence-corrected chi connectivity index (χ1v) is 9.08. The van der Waals surface area contributed by atoms with Crippen molar-refractivity contribution in [1.29, 1.82) is 0 Å². The van der Waals surface area contributed by atoms with Crippen LogP contribution < -0.4 is 10.1 Å². The predicted octanol–water partition coefficient (Wildman–Crippen LogP) is 4.04. The Kier molecular flexibility index (Phi) is 4.50. The predicted molar refractivity (Wildman–Crippen MR) is 103 cm³/mol. The number of carbonyl (C=O) groups excluding carboxylic acids is 1. The highest BCUT2D eigenvalue weighted by atomic mass is 16.5. The fraction of sp³-hybridized carbons (Fsp3) is 0.286. The molecule has 3 aromatic rings. The molecule has 28 heavy (non-hydrogen) atoms. The summed E-state index contributed by atoms with van der Waals surface area (Å²) in [7, 11) is 0. The Labute approximate surface area is 161 Å². The third-order valence-electron chi connectivity index (χ3n) is 4.65. The van der Waals surface area contributed by atoms with Gasteiger partial charge in [0.1, 0.15) is 11.3 Å². The topological polar surface area (TPSA) is 102 Å². The van der Waals surface area contributed by atoms with Crippen molar-refractivity contribution in [3.05, 3.63) is 52.9 Å². The van der Waals surface area contributed by atoms with Crippen LogP contribution in [-0.4, -0.2) is 28.6 Å². The van der Waals surface area contributed by atoms with Gasteiger partial charge in [-0.25, -0.2) is 9.78 Å². The fourth-order valence-corrected chi connectivity index (χ4v) is 3.17. The summed E-state index contributed by atoms with van der Waals surface area (Å²) in [5.41, 5.74) is 3.95. The molecule has 2 N–H and O–H groups in total. The first-order chi connectivity index (χ1) is 13.4. The minimum absolute atomic E-state index is 0.263. The summed E-state index contributed by atoms with van der Waals surface area (Å²) < 4.78 is 11.0. The van der Waals surface area contributed by atoms with Crippen molar-refractivity contribution in [1.82, 2.24) is 4.98 Å². The molecule has 0 radical (unpaired) electrons. The largest absolute Gasteiger partial charge is 0.481 e. The lowest BCUT2D eigenvalue weighted by atomic mass is 10.0. The highest BCUT2D eigenvalue weighted by molar-refractivity contribution is 6.05. The Hall–Kier alpha value is -3.35. The summed E-state index contributed by atoms with van der Waals surface area (Å²) in [4.78, 5) is 27.9. The molecule has 1 aromatic heterocycles. The van der Waals surface area contributed by atoms with E-state index in [0.29, 0.717) is 39.6 Å². The van der Waals surface area contributed by atoms with Crippen LogP contribution in [0.2, 0.25) is 0 Å². The number of oxazole rings is 1. The number of aryl methyl sites for hydroxylation is 2. The molecular weight excluding hydrogens is 360 g/mol. The number of anilines is 1. The molecule has 0 unspecified atom stereocenters. The summed E-state index contributed by atoms with van der Waals surface area (Å²) >= 11 is 0. The lowest BCUT2D eigenvalue weighted by molar-refractivity contribution is -0.139. The van der Waals surface area contributed by atoms with Gasteiger partial charge in [-0.1, -0.05) is 0 Å². The third-order valence-corrected chi connectivity index (χ3v) is 4.65. The maximum Gasteiger partial charge on any atom is 0.341 e. The van der Waals surface area contributed by atoms with Gasteiger partial charge >= 0.3 is 5.97 Å². The lowest BCUT2D eigenvalue weighted by Crippen LogP contribution is -2.14. The molecule has 1 aliphatic carbocycles. The van der Waals surface area contributed by atoms with Gasteiger partial charge in [0.15, 0.2) is 18.1 Å². The van der Waals surface area contributed by atoms with Gasteiger partial charge in [-0.2, -0.15) is 0 Å². The molecule has 0 bridgehead atoms. The quantitative estimate of drug-likeness (QED) is 0.669. The molecule has 0 atom stereocenters. The van der Waals surface area contributed by atoms with Crippen LogP contribution in [0.15, 0.2) is 34.7 Å². The van der Waals surface area contributed by atoms with Crippen molar-refractivity contribution in [2.45, 2.75) is 32.6 Å². The standard InChI is InChI=1S/C21H20N2O5/c1-11-7-14(8-12(2)19(11)27-10-18(24)25)20(26)22-15-5-6-17-16(9-15)23-21(28-17)13-3-4-13/h5-9,13H,3-4,10H2,1-2H3,(H,22,26)(H,24,25). The first kappa shape index (κ1) is 18.0. The Morgan fingerprint density at radius 3 is 2.57 bits per heavy atom. The zero-order chi connectivity index (χ0) is 19.8. The number of aliphatic carboxylic acids is 1. The van der Waals surface area contributed by atoms with E-state index in [1.54, 1.807) is 38.1 Å². The van der Waals surface area contributed by atoms with E-state index in [1.807, 2.05) is 6.07 Å². The molecule has 2 aromatic carbocycles. The van der Waals surface area contributed by atoms with Crippen LogP contribution in [-0.2, 0) is 4.79 Å². The van der Waals surface area contributed by atoms with Crippen molar-refractivity contribution in [2.24, 2.45) is 0 Å². The molecule has 1 aliphatic rings. The number of nitrogens with one attached hydrogen (secondary N) is 1. The fourth-order valence-electron chi connectivity index (χ4n) is 3.17. The normalized spacial score (nSPS) is 13.5. The van der Waals surface area contributed by atoms with E-state index in [-0.39, 0.29) is 5.91 Å². The Morgan fingerprint density at radius 1 is 1.21 bits per heavy atom. The number of rotatable bonds is 6. The average molecular weight is 380 g/mol. The van der Waals surface area contributed by atoms with E-state index in [4.69, 9.17) is 14.3 Å². The number of nitrogens with zero attached hydrogens (tertiary/aromatic N) is 1. The van der Waals surface area contributed by atoms with Crippen molar-refractivity contribution in [3.8, 4) is 5.75 Å². The molecule has 7 heteroatoms. The maximum atomic E-state index is 12.7. The van der Waals surface area contributed by atoms with Gasteiger partial charge in [-0.05, 0) is 68.1 Å². The van der Waals surface area contributed by atoms with E-state index in [9.17, 15) is 9.59 Å². The van der Waals surface area contributed by atoms with Crippen LogP contribution in [0.3, 0.4) is 0 Å². The number of aromatic nitrogens is 1. The summed E-state index contributed by atoms with van der Waals surface area (Å²) in [6.07, 6.45) is 2.22. The van der Waals surface area contributed by atoms with Crippen LogP contribution in [0.4, 0.5) is 5.69 Å². The van der Waals surface area contributed by atoms with Crippen LogP contribution in [0.25, 0.3) is 11.1 Å². The number of ether oxygens (including phenoxy) is 1. The Balaban J connectivity index is 1.52. The molecule has 144 valence electrons. The second kappa shape index (κ2) is 6.99. The Bertz CT molecular complexity index is 1060. The molecule has 4 rings (SSSR count). The molecule has 7 nitrogen and oxygen atoms in total. The Morgan fingerprint density at radius 2 is 1.93 bits per heavy atom. The summed E-state index contributed by atoms with van der Waals surface area (Å²) in [6, 6.07) is 8.75. The number of carboxylic acids is 1. The average Bonchev–Trinajstić information content (AvgIpc) is 3.40. The van der Waals surface area contributed by atoms with E-state index in [1.165, 1.54) is 0 Å². The molecule has 1 heterocycles. The maximum absolute atomic E-state index is 12.7. The van der Waals surface area contributed by atoms with E-state index >= 15 is 0 Å². The number of amides is 1. The number of fused-ring (bicyclic) bond motifs is 1. The van der Waals surface area contributed by atoms with E-state index < -0.39 is 12.6 Å². The second-order valence-electron chi connectivity index (χ2n) is 7.08. The van der Waals surface area contributed by atoms with Crippen molar-refractivity contribution in [2.75, 3.05) is 11.9 Å². The van der Waals surface area contributed by atoms with Crippen molar-refractivity contribution in [3.63, 3.8) is 0 Å². The minimum atomic E-state index is -1.05. The lowest BCUT2D eigenvalue weighted by Gasteiger charge is -2.13. The summed E-state index contributed by atoms with van der Waals surface area (Å²) in [6.45, 7) is 3.14. The molecule has 0 aliphatic heterocycles. The first-order valence-electron chi connectivity index (χ1n) is 9.08. The highest BCUT2D eigenvalue weighted by Gasteiger charge is 2.28.